The fourth-order valence-corrected chi connectivity index (χ4v) is 3.34. The minimum absolute atomic E-state index is 0.131. The first kappa shape index (κ1) is 12.6. The highest BCUT2D eigenvalue weighted by Gasteiger charge is 2.42. The molecule has 1 aromatic rings. The van der Waals surface area contributed by atoms with Gasteiger partial charge in [0.1, 0.15) is 5.69 Å². The number of aliphatic carboxylic acids is 1. The third-order valence-electron chi connectivity index (χ3n) is 3.94. The molecule has 5 nitrogen and oxygen atoms in total. The van der Waals surface area contributed by atoms with Gasteiger partial charge >= 0.3 is 5.97 Å². The average molecular weight is 280 g/mol. The smallest absolute Gasteiger partial charge is 0.311 e. The predicted octanol–water partition coefficient (Wildman–Crippen LogP) is 1.96. The van der Waals surface area contributed by atoms with Gasteiger partial charge in [0.25, 0.3) is 5.91 Å². The fourth-order valence-electron chi connectivity index (χ4n) is 2.37. The minimum atomic E-state index is -0.834. The molecule has 0 aromatic carbocycles. The van der Waals surface area contributed by atoms with Crippen molar-refractivity contribution in [3.8, 4) is 0 Å². The topological polar surface area (TPSA) is 70.5 Å². The minimum Gasteiger partial charge on any atom is -0.481 e. The van der Waals surface area contributed by atoms with Crippen molar-refractivity contribution in [2.75, 3.05) is 13.1 Å². The van der Waals surface area contributed by atoms with Crippen LogP contribution >= 0.6 is 11.3 Å². The molecule has 19 heavy (non-hydrogen) atoms. The number of carbonyl (C=O) groups is 2. The number of hydrogen-bond donors (Lipinski definition) is 1. The van der Waals surface area contributed by atoms with E-state index >= 15 is 0 Å². The lowest BCUT2D eigenvalue weighted by atomic mass is 9.90. The lowest BCUT2D eigenvalue weighted by molar-refractivity contribution is -0.147. The molecule has 1 aliphatic heterocycles. The van der Waals surface area contributed by atoms with E-state index in [0.717, 1.165) is 5.01 Å². The number of carbonyl (C=O) groups excluding carboxylic acids is 1. The van der Waals surface area contributed by atoms with Gasteiger partial charge in [-0.3, -0.25) is 9.59 Å². The molecule has 1 amide bonds. The van der Waals surface area contributed by atoms with Crippen LogP contribution in [0, 0.1) is 5.41 Å². The van der Waals surface area contributed by atoms with Gasteiger partial charge in [-0.2, -0.15) is 0 Å². The number of likely N-dealkylation sites (tertiary alicyclic amines) is 1. The van der Waals surface area contributed by atoms with E-state index in [2.05, 4.69) is 4.98 Å². The second-order valence-corrected chi connectivity index (χ2v) is 6.58. The van der Waals surface area contributed by atoms with Crippen LogP contribution in [0.3, 0.4) is 0 Å². The van der Waals surface area contributed by atoms with Crippen LogP contribution in [0.5, 0.6) is 0 Å². The van der Waals surface area contributed by atoms with Crippen LogP contribution in [0.1, 0.15) is 47.6 Å². The Morgan fingerprint density at radius 1 is 1.53 bits per heavy atom. The van der Waals surface area contributed by atoms with Gasteiger partial charge in [-0.05, 0) is 26.2 Å². The molecule has 1 unspecified atom stereocenters. The van der Waals surface area contributed by atoms with Crippen molar-refractivity contribution in [2.45, 2.75) is 32.1 Å². The standard InChI is InChI=1S/C13H16N2O3S/c1-13(12(17)18)4-5-15(7-13)11(16)9-6-19-10(14-9)8-2-3-8/h6,8H,2-5,7H2,1H3,(H,17,18). The lowest BCUT2D eigenvalue weighted by Crippen LogP contribution is -2.35. The first-order valence-corrected chi connectivity index (χ1v) is 7.36. The van der Waals surface area contributed by atoms with Gasteiger partial charge in [0, 0.05) is 24.4 Å². The first-order chi connectivity index (χ1) is 8.99. The van der Waals surface area contributed by atoms with Gasteiger partial charge in [-0.1, -0.05) is 0 Å². The molecular formula is C13H16N2O3S. The summed E-state index contributed by atoms with van der Waals surface area (Å²) < 4.78 is 0. The number of hydrogen-bond acceptors (Lipinski definition) is 4. The van der Waals surface area contributed by atoms with E-state index in [4.69, 9.17) is 0 Å². The number of nitrogens with zero attached hydrogens (tertiary/aromatic N) is 2. The molecule has 0 spiro atoms. The van der Waals surface area contributed by atoms with Crippen LogP contribution in [0.15, 0.2) is 5.38 Å². The zero-order valence-corrected chi connectivity index (χ0v) is 11.6. The highest BCUT2D eigenvalue weighted by Crippen LogP contribution is 2.41. The lowest BCUT2D eigenvalue weighted by Gasteiger charge is -2.19. The van der Waals surface area contributed by atoms with Crippen LogP contribution in [0.2, 0.25) is 0 Å². The fraction of sp³-hybridized carbons (Fsp3) is 0.615. The predicted molar refractivity (Wildman–Crippen MR) is 70.4 cm³/mol. The van der Waals surface area contributed by atoms with Crippen molar-refractivity contribution in [3.63, 3.8) is 0 Å². The van der Waals surface area contributed by atoms with E-state index in [1.165, 1.54) is 24.2 Å². The van der Waals surface area contributed by atoms with E-state index in [-0.39, 0.29) is 12.5 Å². The summed E-state index contributed by atoms with van der Waals surface area (Å²) in [4.78, 5) is 29.5. The van der Waals surface area contributed by atoms with Gasteiger partial charge < -0.3 is 10.0 Å². The van der Waals surface area contributed by atoms with E-state index in [9.17, 15) is 14.7 Å². The number of aromatic nitrogens is 1. The van der Waals surface area contributed by atoms with Gasteiger partial charge in [-0.25, -0.2) is 4.98 Å². The molecule has 0 radical (unpaired) electrons. The highest BCUT2D eigenvalue weighted by molar-refractivity contribution is 7.10. The Morgan fingerprint density at radius 3 is 2.84 bits per heavy atom. The van der Waals surface area contributed by atoms with Crippen LogP contribution in [-0.2, 0) is 4.79 Å². The Kier molecular flexibility index (Phi) is 2.85. The summed E-state index contributed by atoms with van der Waals surface area (Å²) in [7, 11) is 0. The van der Waals surface area contributed by atoms with Gasteiger partial charge in [-0.15, -0.1) is 11.3 Å². The van der Waals surface area contributed by atoms with E-state index in [1.54, 1.807) is 17.2 Å². The maximum atomic E-state index is 12.3. The molecule has 6 heteroatoms. The summed E-state index contributed by atoms with van der Waals surface area (Å²) in [6.45, 7) is 2.47. The summed E-state index contributed by atoms with van der Waals surface area (Å²) in [6.07, 6.45) is 2.84. The van der Waals surface area contributed by atoms with Crippen molar-refractivity contribution in [3.05, 3.63) is 16.1 Å². The molecule has 2 fully saturated rings. The maximum absolute atomic E-state index is 12.3. The Labute approximate surface area is 115 Å². The molecule has 1 atom stereocenters. The zero-order valence-electron chi connectivity index (χ0n) is 10.8. The van der Waals surface area contributed by atoms with Crippen molar-refractivity contribution in [1.82, 2.24) is 9.88 Å². The van der Waals surface area contributed by atoms with Gasteiger partial charge in [0.05, 0.1) is 10.4 Å². The van der Waals surface area contributed by atoms with Gasteiger partial charge in [0.2, 0.25) is 0 Å². The van der Waals surface area contributed by atoms with Crippen molar-refractivity contribution in [1.29, 1.82) is 0 Å². The zero-order chi connectivity index (χ0) is 13.6. The largest absolute Gasteiger partial charge is 0.481 e. The Bertz CT molecular complexity index is 538. The molecule has 102 valence electrons. The van der Waals surface area contributed by atoms with Crippen LogP contribution < -0.4 is 0 Å². The molecule has 1 aromatic heterocycles. The number of thiazole rings is 1. The van der Waals surface area contributed by atoms with Crippen molar-refractivity contribution in [2.24, 2.45) is 5.41 Å². The van der Waals surface area contributed by atoms with Crippen LogP contribution in [-0.4, -0.2) is 40.0 Å². The molecule has 1 N–H and O–H groups in total. The molecular weight excluding hydrogens is 264 g/mol. The van der Waals surface area contributed by atoms with Crippen LogP contribution in [0.4, 0.5) is 0 Å². The summed E-state index contributed by atoms with van der Waals surface area (Å²) in [5.74, 6) is -0.415. The monoisotopic (exact) mass is 280 g/mol. The molecule has 2 aliphatic rings. The summed E-state index contributed by atoms with van der Waals surface area (Å²) >= 11 is 1.54. The van der Waals surface area contributed by atoms with Gasteiger partial charge in [0.15, 0.2) is 0 Å². The molecule has 2 heterocycles. The number of carboxylic acids is 1. The van der Waals surface area contributed by atoms with Crippen molar-refractivity contribution < 1.29 is 14.7 Å². The first-order valence-electron chi connectivity index (χ1n) is 6.48. The van der Waals surface area contributed by atoms with Crippen LogP contribution in [0.25, 0.3) is 0 Å². The highest BCUT2D eigenvalue weighted by atomic mass is 32.1. The summed E-state index contributed by atoms with van der Waals surface area (Å²) in [6, 6.07) is 0. The van der Waals surface area contributed by atoms with E-state index < -0.39 is 11.4 Å². The molecule has 1 aliphatic carbocycles. The second kappa shape index (κ2) is 4.30. The Morgan fingerprint density at radius 2 is 2.26 bits per heavy atom. The third kappa shape index (κ3) is 2.25. The normalized spacial score (nSPS) is 26.7. The third-order valence-corrected chi connectivity index (χ3v) is 4.95. The number of amides is 1. The second-order valence-electron chi connectivity index (χ2n) is 5.69. The quantitative estimate of drug-likeness (QED) is 0.918. The Balaban J connectivity index is 1.72. The number of carboxylic acid groups (broad SMARTS) is 1. The van der Waals surface area contributed by atoms with Crippen molar-refractivity contribution >= 4 is 23.2 Å². The molecule has 1 saturated heterocycles. The molecule has 1 saturated carbocycles. The number of rotatable bonds is 3. The Hall–Kier alpha value is -1.43. The molecule has 0 bridgehead atoms. The summed E-state index contributed by atoms with van der Waals surface area (Å²) in [5.41, 5.74) is -0.341. The summed E-state index contributed by atoms with van der Waals surface area (Å²) in [5, 5.41) is 12.0. The van der Waals surface area contributed by atoms with E-state index in [0.29, 0.717) is 24.6 Å². The SMILES string of the molecule is CC1(C(=O)O)CCN(C(=O)c2csc(C3CC3)n2)C1. The maximum Gasteiger partial charge on any atom is 0.311 e. The van der Waals surface area contributed by atoms with E-state index in [1.807, 2.05) is 0 Å². The molecule has 3 rings (SSSR count). The average Bonchev–Trinajstić information content (AvgIpc) is 2.97.